The molecule has 4 rings (SSSR count). The second kappa shape index (κ2) is 8.17. The van der Waals surface area contributed by atoms with Gasteiger partial charge in [0.05, 0.1) is 23.0 Å². The molecule has 1 heterocycles. The van der Waals surface area contributed by atoms with Crippen LogP contribution < -0.4 is 14.8 Å². The highest BCUT2D eigenvalue weighted by atomic mass is 35.5. The number of para-hydroxylation sites is 2. The third-order valence-electron chi connectivity index (χ3n) is 4.28. The lowest BCUT2D eigenvalue weighted by atomic mass is 10.3. The number of halogens is 1. The molecular weight excluding hydrogens is 424 g/mol. The van der Waals surface area contributed by atoms with Crippen LogP contribution in [0.15, 0.2) is 77.7 Å². The molecule has 7 nitrogen and oxygen atoms in total. The second-order valence-electron chi connectivity index (χ2n) is 6.32. The van der Waals surface area contributed by atoms with Crippen LogP contribution in [0.4, 0.5) is 17.3 Å². The lowest BCUT2D eigenvalue weighted by Crippen LogP contribution is -2.16. The number of sulfonamides is 1. The molecule has 152 valence electrons. The van der Waals surface area contributed by atoms with Gasteiger partial charge in [0.2, 0.25) is 0 Å². The number of hydrogen-bond donors (Lipinski definition) is 2. The molecule has 0 saturated heterocycles. The van der Waals surface area contributed by atoms with E-state index in [2.05, 4.69) is 20.0 Å². The monoisotopic (exact) mass is 440 g/mol. The summed E-state index contributed by atoms with van der Waals surface area (Å²) >= 11 is 5.87. The Morgan fingerprint density at radius 3 is 2.03 bits per heavy atom. The third-order valence-corrected chi connectivity index (χ3v) is 5.89. The van der Waals surface area contributed by atoms with Crippen LogP contribution in [0, 0.1) is 0 Å². The van der Waals surface area contributed by atoms with Gasteiger partial charge in [0.1, 0.15) is 5.75 Å². The third kappa shape index (κ3) is 4.29. The van der Waals surface area contributed by atoms with E-state index in [0.717, 1.165) is 0 Å². The Labute approximate surface area is 178 Å². The fourth-order valence-electron chi connectivity index (χ4n) is 2.77. The Bertz CT molecular complexity index is 1290. The molecule has 1 aromatic heterocycles. The molecule has 0 bridgehead atoms. The zero-order valence-corrected chi connectivity index (χ0v) is 17.4. The minimum Gasteiger partial charge on any atom is -0.497 e. The number of rotatable bonds is 6. The predicted octanol–water partition coefficient (Wildman–Crippen LogP) is 4.84. The lowest BCUT2D eigenvalue weighted by Gasteiger charge is -2.14. The number of nitrogens with one attached hydrogen (secondary N) is 2. The van der Waals surface area contributed by atoms with E-state index in [-0.39, 0.29) is 16.5 Å². The highest BCUT2D eigenvalue weighted by Crippen LogP contribution is 2.28. The molecule has 4 aromatic rings. The minimum atomic E-state index is -3.90. The summed E-state index contributed by atoms with van der Waals surface area (Å²) in [5, 5.41) is 3.57. The first kappa shape index (κ1) is 19.9. The summed E-state index contributed by atoms with van der Waals surface area (Å²) in [5.74, 6) is 1.06. The van der Waals surface area contributed by atoms with Crippen LogP contribution >= 0.6 is 11.6 Å². The normalized spacial score (nSPS) is 11.3. The van der Waals surface area contributed by atoms with Gasteiger partial charge < -0.3 is 10.1 Å². The van der Waals surface area contributed by atoms with Crippen LogP contribution in [0.2, 0.25) is 5.02 Å². The molecule has 2 N–H and O–H groups in total. The van der Waals surface area contributed by atoms with Gasteiger partial charge in [-0.05, 0) is 60.7 Å². The molecule has 30 heavy (non-hydrogen) atoms. The molecule has 0 unspecified atom stereocenters. The zero-order valence-electron chi connectivity index (χ0n) is 15.8. The SMILES string of the molecule is COc1ccc(Nc2nc3ccccc3nc2NS(=O)(=O)c2ccc(Cl)cc2)cc1. The van der Waals surface area contributed by atoms with Crippen molar-refractivity contribution in [2.24, 2.45) is 0 Å². The second-order valence-corrected chi connectivity index (χ2v) is 8.44. The maximum atomic E-state index is 12.9. The average molecular weight is 441 g/mol. The fraction of sp³-hybridized carbons (Fsp3) is 0.0476. The molecule has 0 aliphatic carbocycles. The summed E-state index contributed by atoms with van der Waals surface area (Å²) in [6, 6.07) is 20.3. The van der Waals surface area contributed by atoms with Crippen LogP contribution in [-0.2, 0) is 10.0 Å². The number of ether oxygens (including phenoxy) is 1. The Kier molecular flexibility index (Phi) is 5.43. The van der Waals surface area contributed by atoms with Crippen molar-refractivity contribution in [2.45, 2.75) is 4.90 Å². The molecule has 0 amide bonds. The Morgan fingerprint density at radius 1 is 0.833 bits per heavy atom. The van der Waals surface area contributed by atoms with Gasteiger partial charge >= 0.3 is 0 Å². The quantitative estimate of drug-likeness (QED) is 0.445. The summed E-state index contributed by atoms with van der Waals surface area (Å²) in [4.78, 5) is 9.09. The van der Waals surface area contributed by atoms with E-state index in [1.165, 1.54) is 24.3 Å². The number of aromatic nitrogens is 2. The van der Waals surface area contributed by atoms with Crippen molar-refractivity contribution in [1.29, 1.82) is 0 Å². The number of methoxy groups -OCH3 is 1. The molecule has 0 radical (unpaired) electrons. The van der Waals surface area contributed by atoms with Crippen LogP contribution in [0.1, 0.15) is 0 Å². The Morgan fingerprint density at radius 2 is 1.43 bits per heavy atom. The topological polar surface area (TPSA) is 93.2 Å². The van der Waals surface area contributed by atoms with Gasteiger partial charge in [-0.25, -0.2) is 18.4 Å². The molecule has 0 aliphatic rings. The molecule has 3 aromatic carbocycles. The van der Waals surface area contributed by atoms with Gasteiger partial charge in [-0.3, -0.25) is 4.72 Å². The maximum absolute atomic E-state index is 12.9. The van der Waals surface area contributed by atoms with Crippen LogP contribution in [0.25, 0.3) is 11.0 Å². The number of hydrogen-bond acceptors (Lipinski definition) is 6. The number of fused-ring (bicyclic) bond motifs is 1. The van der Waals surface area contributed by atoms with E-state index in [0.29, 0.717) is 27.5 Å². The minimum absolute atomic E-state index is 0.0669. The van der Waals surface area contributed by atoms with Crippen molar-refractivity contribution in [3.05, 3.63) is 77.8 Å². The standard InChI is InChI=1S/C21H17ClN4O3S/c1-29-16-10-8-15(9-11-16)23-20-21(25-19-5-3-2-4-18(19)24-20)26-30(27,28)17-12-6-14(22)7-13-17/h2-13H,1H3,(H,23,24)(H,25,26). The molecule has 0 atom stereocenters. The molecule has 0 fully saturated rings. The van der Waals surface area contributed by atoms with E-state index in [1.54, 1.807) is 43.5 Å². The molecular formula is C21H17ClN4O3S. The van der Waals surface area contributed by atoms with E-state index < -0.39 is 10.0 Å². The molecule has 0 aliphatic heterocycles. The van der Waals surface area contributed by atoms with Crippen LogP contribution in [0.5, 0.6) is 5.75 Å². The first-order valence-corrected chi connectivity index (χ1v) is 10.8. The Balaban J connectivity index is 1.74. The summed E-state index contributed by atoms with van der Waals surface area (Å²) in [7, 11) is -2.31. The Hall–Kier alpha value is -3.36. The summed E-state index contributed by atoms with van der Waals surface area (Å²) < 4.78 is 33.4. The molecule has 0 saturated carbocycles. The molecule has 9 heteroatoms. The average Bonchev–Trinajstić information content (AvgIpc) is 2.75. The predicted molar refractivity (Wildman–Crippen MR) is 118 cm³/mol. The van der Waals surface area contributed by atoms with Crippen molar-refractivity contribution in [3.8, 4) is 5.75 Å². The number of anilines is 3. The highest BCUT2D eigenvalue weighted by molar-refractivity contribution is 7.92. The van der Waals surface area contributed by atoms with Crippen LogP contribution in [0.3, 0.4) is 0 Å². The smallest absolute Gasteiger partial charge is 0.263 e. The number of benzene rings is 3. The van der Waals surface area contributed by atoms with Gasteiger partial charge in [0.25, 0.3) is 10.0 Å². The lowest BCUT2D eigenvalue weighted by molar-refractivity contribution is 0.415. The van der Waals surface area contributed by atoms with Crippen LogP contribution in [-0.4, -0.2) is 25.5 Å². The van der Waals surface area contributed by atoms with E-state index in [1.807, 2.05) is 12.1 Å². The number of nitrogens with zero attached hydrogens (tertiary/aromatic N) is 2. The van der Waals surface area contributed by atoms with Gasteiger partial charge in [-0.2, -0.15) is 0 Å². The summed E-state index contributed by atoms with van der Waals surface area (Å²) in [6.45, 7) is 0. The maximum Gasteiger partial charge on any atom is 0.263 e. The van der Waals surface area contributed by atoms with E-state index in [9.17, 15) is 8.42 Å². The van der Waals surface area contributed by atoms with Gasteiger partial charge in [0, 0.05) is 10.7 Å². The van der Waals surface area contributed by atoms with Crippen molar-refractivity contribution >= 4 is 50.0 Å². The van der Waals surface area contributed by atoms with Gasteiger partial charge in [-0.15, -0.1) is 0 Å². The first-order chi connectivity index (χ1) is 14.4. The van der Waals surface area contributed by atoms with Crippen molar-refractivity contribution in [3.63, 3.8) is 0 Å². The summed E-state index contributed by atoms with van der Waals surface area (Å²) in [5.41, 5.74) is 1.89. The van der Waals surface area contributed by atoms with Gasteiger partial charge in [0.15, 0.2) is 11.6 Å². The van der Waals surface area contributed by atoms with E-state index >= 15 is 0 Å². The van der Waals surface area contributed by atoms with E-state index in [4.69, 9.17) is 16.3 Å². The van der Waals surface area contributed by atoms with Gasteiger partial charge in [-0.1, -0.05) is 23.7 Å². The zero-order chi connectivity index (χ0) is 21.1. The van der Waals surface area contributed by atoms with Crippen molar-refractivity contribution in [2.75, 3.05) is 17.1 Å². The fourth-order valence-corrected chi connectivity index (χ4v) is 3.90. The first-order valence-electron chi connectivity index (χ1n) is 8.91. The van der Waals surface area contributed by atoms with Crippen molar-refractivity contribution < 1.29 is 13.2 Å². The molecule has 0 spiro atoms. The summed E-state index contributed by atoms with van der Waals surface area (Å²) in [6.07, 6.45) is 0. The van der Waals surface area contributed by atoms with Crippen molar-refractivity contribution in [1.82, 2.24) is 9.97 Å². The largest absolute Gasteiger partial charge is 0.497 e. The highest BCUT2D eigenvalue weighted by Gasteiger charge is 2.19.